The van der Waals surface area contributed by atoms with Crippen LogP contribution in [-0.2, 0) is 6.54 Å². The second-order valence-corrected chi connectivity index (χ2v) is 3.74. The third-order valence-corrected chi connectivity index (χ3v) is 2.27. The predicted octanol–water partition coefficient (Wildman–Crippen LogP) is 2.32. The standard InChI is InChI=1S/C11H11ClN4/c12-9-4-10(13)11(16-7-9)15-6-8-2-1-3-14-5-8/h1-5,7H,6,13H2,(H,15,16). The van der Waals surface area contributed by atoms with E-state index >= 15 is 0 Å². The molecule has 0 aromatic carbocycles. The Kier molecular flexibility index (Phi) is 3.22. The van der Waals surface area contributed by atoms with Gasteiger partial charge in [0.1, 0.15) is 5.82 Å². The molecule has 0 unspecified atom stereocenters. The summed E-state index contributed by atoms with van der Waals surface area (Å²) < 4.78 is 0. The Morgan fingerprint density at radius 1 is 1.38 bits per heavy atom. The summed E-state index contributed by atoms with van der Waals surface area (Å²) in [6, 6.07) is 5.53. The maximum Gasteiger partial charge on any atom is 0.149 e. The molecule has 0 saturated heterocycles. The van der Waals surface area contributed by atoms with E-state index in [9.17, 15) is 0 Å². The molecule has 2 aromatic heterocycles. The van der Waals surface area contributed by atoms with Gasteiger partial charge >= 0.3 is 0 Å². The van der Waals surface area contributed by atoms with Crippen molar-refractivity contribution in [3.05, 3.63) is 47.4 Å². The SMILES string of the molecule is Nc1cc(Cl)cnc1NCc1cccnc1. The molecule has 2 aromatic rings. The van der Waals surface area contributed by atoms with E-state index in [2.05, 4.69) is 15.3 Å². The van der Waals surface area contributed by atoms with Crippen LogP contribution in [0.2, 0.25) is 5.02 Å². The van der Waals surface area contributed by atoms with E-state index < -0.39 is 0 Å². The highest BCUT2D eigenvalue weighted by atomic mass is 35.5. The van der Waals surface area contributed by atoms with Crippen molar-refractivity contribution in [3.8, 4) is 0 Å². The highest BCUT2D eigenvalue weighted by Crippen LogP contribution is 2.19. The molecule has 0 bridgehead atoms. The van der Waals surface area contributed by atoms with Crippen LogP contribution in [0.25, 0.3) is 0 Å². The van der Waals surface area contributed by atoms with Crippen LogP contribution < -0.4 is 11.1 Å². The molecule has 2 rings (SSSR count). The lowest BCUT2D eigenvalue weighted by molar-refractivity contribution is 1.09. The average molecular weight is 235 g/mol. The summed E-state index contributed by atoms with van der Waals surface area (Å²) >= 11 is 5.75. The quantitative estimate of drug-likeness (QED) is 0.856. The molecule has 0 spiro atoms. The fraction of sp³-hybridized carbons (Fsp3) is 0.0909. The number of nitrogens with zero attached hydrogens (tertiary/aromatic N) is 2. The number of nitrogens with two attached hydrogens (primary N) is 1. The first kappa shape index (κ1) is 10.7. The highest BCUT2D eigenvalue weighted by Gasteiger charge is 2.01. The molecular weight excluding hydrogens is 224 g/mol. The molecule has 2 heterocycles. The molecular formula is C11H11ClN4. The van der Waals surface area contributed by atoms with E-state index in [1.807, 2.05) is 12.1 Å². The van der Waals surface area contributed by atoms with Gasteiger partial charge in [0.2, 0.25) is 0 Å². The molecule has 0 atom stereocenters. The largest absolute Gasteiger partial charge is 0.396 e. The van der Waals surface area contributed by atoms with Gasteiger partial charge in [0.05, 0.1) is 10.7 Å². The number of rotatable bonds is 3. The fourth-order valence-corrected chi connectivity index (χ4v) is 1.46. The van der Waals surface area contributed by atoms with Crippen molar-refractivity contribution >= 4 is 23.1 Å². The Labute approximate surface area is 98.5 Å². The van der Waals surface area contributed by atoms with Crippen molar-refractivity contribution < 1.29 is 0 Å². The van der Waals surface area contributed by atoms with E-state index in [1.54, 1.807) is 24.7 Å². The molecule has 0 aliphatic heterocycles. The zero-order valence-corrected chi connectivity index (χ0v) is 9.28. The van der Waals surface area contributed by atoms with Crippen LogP contribution >= 0.6 is 11.6 Å². The van der Waals surface area contributed by atoms with E-state index in [1.165, 1.54) is 0 Å². The summed E-state index contributed by atoms with van der Waals surface area (Å²) in [7, 11) is 0. The van der Waals surface area contributed by atoms with E-state index in [0.29, 0.717) is 23.1 Å². The lowest BCUT2D eigenvalue weighted by atomic mass is 10.3. The Morgan fingerprint density at radius 3 is 2.94 bits per heavy atom. The van der Waals surface area contributed by atoms with Crippen molar-refractivity contribution in [2.24, 2.45) is 0 Å². The molecule has 82 valence electrons. The number of nitrogen functional groups attached to an aromatic ring is 1. The van der Waals surface area contributed by atoms with E-state index in [4.69, 9.17) is 17.3 Å². The minimum atomic E-state index is 0.532. The molecule has 0 amide bonds. The van der Waals surface area contributed by atoms with Crippen LogP contribution in [0.4, 0.5) is 11.5 Å². The molecule has 16 heavy (non-hydrogen) atoms. The molecule has 3 N–H and O–H groups in total. The summed E-state index contributed by atoms with van der Waals surface area (Å²) in [6.45, 7) is 0.632. The Balaban J connectivity index is 2.05. The molecule has 0 aliphatic carbocycles. The Morgan fingerprint density at radius 2 is 2.25 bits per heavy atom. The fourth-order valence-electron chi connectivity index (χ4n) is 1.29. The summed E-state index contributed by atoms with van der Waals surface area (Å²) in [5.74, 6) is 0.633. The number of hydrogen-bond donors (Lipinski definition) is 2. The lowest BCUT2D eigenvalue weighted by Crippen LogP contribution is -2.04. The predicted molar refractivity (Wildman–Crippen MR) is 65.2 cm³/mol. The minimum Gasteiger partial charge on any atom is -0.396 e. The van der Waals surface area contributed by atoms with Crippen molar-refractivity contribution in [1.82, 2.24) is 9.97 Å². The van der Waals surface area contributed by atoms with Gasteiger partial charge in [-0.1, -0.05) is 17.7 Å². The van der Waals surface area contributed by atoms with E-state index in [-0.39, 0.29) is 0 Å². The molecule has 0 radical (unpaired) electrons. The molecule has 4 nitrogen and oxygen atoms in total. The second-order valence-electron chi connectivity index (χ2n) is 3.31. The number of pyridine rings is 2. The van der Waals surface area contributed by atoms with Gasteiger partial charge in [0.25, 0.3) is 0 Å². The van der Waals surface area contributed by atoms with Gasteiger partial charge in [-0.3, -0.25) is 4.98 Å². The third-order valence-electron chi connectivity index (χ3n) is 2.07. The molecule has 0 aliphatic rings. The summed E-state index contributed by atoms with van der Waals surface area (Å²) in [5, 5.41) is 3.65. The second kappa shape index (κ2) is 4.81. The maximum absolute atomic E-state index is 5.76. The van der Waals surface area contributed by atoms with E-state index in [0.717, 1.165) is 5.56 Å². The van der Waals surface area contributed by atoms with Gasteiger partial charge in [-0.05, 0) is 17.7 Å². The molecule has 0 saturated carbocycles. The first-order chi connectivity index (χ1) is 7.75. The third kappa shape index (κ3) is 2.61. The van der Waals surface area contributed by atoms with Crippen LogP contribution in [0.1, 0.15) is 5.56 Å². The number of anilines is 2. The van der Waals surface area contributed by atoms with Crippen molar-refractivity contribution in [1.29, 1.82) is 0 Å². The molecule has 5 heteroatoms. The maximum atomic E-state index is 5.76. The number of nitrogens with one attached hydrogen (secondary N) is 1. The number of hydrogen-bond acceptors (Lipinski definition) is 4. The monoisotopic (exact) mass is 234 g/mol. The molecule has 0 fully saturated rings. The lowest BCUT2D eigenvalue weighted by Gasteiger charge is -2.07. The smallest absolute Gasteiger partial charge is 0.149 e. The highest BCUT2D eigenvalue weighted by molar-refractivity contribution is 6.30. The van der Waals surface area contributed by atoms with Crippen LogP contribution in [0, 0.1) is 0 Å². The zero-order valence-electron chi connectivity index (χ0n) is 8.52. The van der Waals surface area contributed by atoms with Gasteiger partial charge < -0.3 is 11.1 Å². The average Bonchev–Trinajstić information content (AvgIpc) is 2.29. The van der Waals surface area contributed by atoms with Gasteiger partial charge in [-0.25, -0.2) is 4.98 Å². The number of aromatic nitrogens is 2. The Bertz CT molecular complexity index is 473. The van der Waals surface area contributed by atoms with Gasteiger partial charge in [0.15, 0.2) is 0 Å². The van der Waals surface area contributed by atoms with Crippen molar-refractivity contribution in [2.75, 3.05) is 11.1 Å². The first-order valence-electron chi connectivity index (χ1n) is 4.79. The minimum absolute atomic E-state index is 0.532. The van der Waals surface area contributed by atoms with Crippen LogP contribution in [0.3, 0.4) is 0 Å². The van der Waals surface area contributed by atoms with Gasteiger partial charge in [0, 0.05) is 25.1 Å². The normalized spacial score (nSPS) is 10.1. The summed E-state index contributed by atoms with van der Waals surface area (Å²) in [5.41, 5.74) is 7.37. The summed E-state index contributed by atoms with van der Waals surface area (Å²) in [4.78, 5) is 8.13. The van der Waals surface area contributed by atoms with Gasteiger partial charge in [-0.2, -0.15) is 0 Å². The van der Waals surface area contributed by atoms with Crippen LogP contribution in [-0.4, -0.2) is 9.97 Å². The summed E-state index contributed by atoms with van der Waals surface area (Å²) in [6.07, 6.45) is 5.08. The number of halogens is 1. The van der Waals surface area contributed by atoms with Crippen molar-refractivity contribution in [2.45, 2.75) is 6.54 Å². The first-order valence-corrected chi connectivity index (χ1v) is 5.17. The zero-order chi connectivity index (χ0) is 11.4. The van der Waals surface area contributed by atoms with Crippen LogP contribution in [0.15, 0.2) is 36.8 Å². The topological polar surface area (TPSA) is 63.8 Å². The van der Waals surface area contributed by atoms with Crippen molar-refractivity contribution in [3.63, 3.8) is 0 Å². The Hall–Kier alpha value is -1.81. The van der Waals surface area contributed by atoms with Crippen LogP contribution in [0.5, 0.6) is 0 Å². The van der Waals surface area contributed by atoms with Gasteiger partial charge in [-0.15, -0.1) is 0 Å².